The van der Waals surface area contributed by atoms with E-state index in [9.17, 15) is 0 Å². The average Bonchev–Trinajstić information content (AvgIpc) is 2.65. The van der Waals surface area contributed by atoms with Gasteiger partial charge >= 0.3 is 0 Å². The largest absolute Gasteiger partial charge is 0.385 e. The molecular weight excluding hydrogens is 304 g/mol. The van der Waals surface area contributed by atoms with Gasteiger partial charge in [-0.05, 0) is 49.1 Å². The van der Waals surface area contributed by atoms with E-state index in [0.717, 1.165) is 24.0 Å². The van der Waals surface area contributed by atoms with Crippen LogP contribution in [0.2, 0.25) is 0 Å². The summed E-state index contributed by atoms with van der Waals surface area (Å²) in [6, 6.07) is 15.2. The Morgan fingerprint density at radius 1 is 0.800 bits per heavy atom. The Kier molecular flexibility index (Phi) is 6.27. The second-order valence-electron chi connectivity index (χ2n) is 6.93. The van der Waals surface area contributed by atoms with Gasteiger partial charge in [-0.1, -0.05) is 57.7 Å². The molecule has 0 fully saturated rings. The van der Waals surface area contributed by atoms with Crippen LogP contribution in [-0.4, -0.2) is 11.5 Å². The normalized spacial score (nSPS) is 11.3. The highest BCUT2D eigenvalue weighted by Crippen LogP contribution is 2.29. The lowest BCUT2D eigenvalue weighted by molar-refractivity contribution is 0.721. The number of unbranched alkanes of at least 4 members (excludes halogenated alkanes) is 4. The van der Waals surface area contributed by atoms with Crippen LogP contribution in [0.1, 0.15) is 57.9 Å². The van der Waals surface area contributed by atoms with Crippen molar-refractivity contribution in [1.82, 2.24) is 4.98 Å². The predicted molar refractivity (Wildman–Crippen MR) is 110 cm³/mol. The van der Waals surface area contributed by atoms with Crippen molar-refractivity contribution in [2.75, 3.05) is 11.9 Å². The molecule has 0 spiro atoms. The van der Waals surface area contributed by atoms with Crippen LogP contribution in [0, 0.1) is 0 Å². The van der Waals surface area contributed by atoms with Crippen LogP contribution in [0.25, 0.3) is 21.8 Å². The van der Waals surface area contributed by atoms with Crippen molar-refractivity contribution < 1.29 is 0 Å². The van der Waals surface area contributed by atoms with Crippen LogP contribution in [0.4, 0.5) is 5.69 Å². The molecule has 1 heterocycles. The van der Waals surface area contributed by atoms with Gasteiger partial charge in [0.05, 0.1) is 11.0 Å². The summed E-state index contributed by atoms with van der Waals surface area (Å²) in [6.45, 7) is 5.56. The first-order valence-corrected chi connectivity index (χ1v) is 9.88. The zero-order valence-corrected chi connectivity index (χ0v) is 15.6. The molecule has 1 N–H and O–H groups in total. The SMILES string of the molecule is CCCCCNc1ccc2nc3ccccc3c(CCCCC)c2c1. The van der Waals surface area contributed by atoms with E-state index in [1.807, 2.05) is 0 Å². The number of nitrogens with zero attached hydrogens (tertiary/aromatic N) is 1. The summed E-state index contributed by atoms with van der Waals surface area (Å²) in [6.07, 6.45) is 8.69. The molecule has 1 aromatic heterocycles. The van der Waals surface area contributed by atoms with Crippen molar-refractivity contribution >= 4 is 27.5 Å². The minimum Gasteiger partial charge on any atom is -0.385 e. The fourth-order valence-electron chi connectivity index (χ4n) is 3.52. The van der Waals surface area contributed by atoms with E-state index in [0.29, 0.717) is 0 Å². The van der Waals surface area contributed by atoms with Crippen molar-refractivity contribution in [3.05, 3.63) is 48.0 Å². The minimum absolute atomic E-state index is 1.05. The third kappa shape index (κ3) is 4.31. The standard InChI is InChI=1S/C23H30N2/c1-3-5-7-11-19-20-12-8-9-13-22(20)25-23-15-14-18(17-21(19)23)24-16-10-6-4-2/h8-9,12-15,17,24H,3-7,10-11,16H2,1-2H3. The molecule has 0 atom stereocenters. The lowest BCUT2D eigenvalue weighted by Gasteiger charge is -2.13. The summed E-state index contributed by atoms with van der Waals surface area (Å²) in [5, 5.41) is 6.22. The number of hydrogen-bond donors (Lipinski definition) is 1. The van der Waals surface area contributed by atoms with E-state index in [4.69, 9.17) is 4.98 Å². The maximum Gasteiger partial charge on any atom is 0.0714 e. The molecule has 132 valence electrons. The highest BCUT2D eigenvalue weighted by Gasteiger charge is 2.09. The number of rotatable bonds is 9. The van der Waals surface area contributed by atoms with Gasteiger partial charge < -0.3 is 5.32 Å². The van der Waals surface area contributed by atoms with Crippen LogP contribution in [0.3, 0.4) is 0 Å². The molecule has 0 unspecified atom stereocenters. The number of pyridine rings is 1. The third-order valence-corrected chi connectivity index (χ3v) is 4.93. The number of hydrogen-bond acceptors (Lipinski definition) is 2. The van der Waals surface area contributed by atoms with Crippen molar-refractivity contribution in [2.24, 2.45) is 0 Å². The van der Waals surface area contributed by atoms with Crippen molar-refractivity contribution in [3.8, 4) is 0 Å². The number of nitrogens with one attached hydrogen (secondary N) is 1. The number of fused-ring (bicyclic) bond motifs is 2. The predicted octanol–water partition coefficient (Wildman–Crippen LogP) is 6.72. The molecule has 0 aliphatic rings. The Balaban J connectivity index is 1.97. The second kappa shape index (κ2) is 8.84. The smallest absolute Gasteiger partial charge is 0.0714 e. The molecule has 0 amide bonds. The summed E-state index contributed by atoms with van der Waals surface area (Å²) < 4.78 is 0. The zero-order valence-electron chi connectivity index (χ0n) is 15.6. The molecule has 0 saturated heterocycles. The minimum atomic E-state index is 1.05. The van der Waals surface area contributed by atoms with Gasteiger partial charge in [-0.25, -0.2) is 4.98 Å². The van der Waals surface area contributed by atoms with Gasteiger partial charge in [0.25, 0.3) is 0 Å². The van der Waals surface area contributed by atoms with Gasteiger partial charge in [0.1, 0.15) is 0 Å². The molecule has 0 aliphatic carbocycles. The maximum absolute atomic E-state index is 4.89. The van der Waals surface area contributed by atoms with Crippen molar-refractivity contribution in [1.29, 1.82) is 0 Å². The van der Waals surface area contributed by atoms with E-state index in [1.54, 1.807) is 0 Å². The van der Waals surface area contributed by atoms with Crippen molar-refractivity contribution in [3.63, 3.8) is 0 Å². The van der Waals surface area contributed by atoms with E-state index in [2.05, 4.69) is 61.6 Å². The monoisotopic (exact) mass is 334 g/mol. The average molecular weight is 335 g/mol. The molecular formula is C23H30N2. The molecule has 0 aliphatic heterocycles. The first-order chi connectivity index (χ1) is 12.3. The first-order valence-electron chi connectivity index (χ1n) is 9.88. The zero-order chi connectivity index (χ0) is 17.5. The number of anilines is 1. The van der Waals surface area contributed by atoms with Crippen LogP contribution in [0.15, 0.2) is 42.5 Å². The van der Waals surface area contributed by atoms with Gasteiger partial charge in [0.2, 0.25) is 0 Å². The fraction of sp³-hybridized carbons (Fsp3) is 0.435. The van der Waals surface area contributed by atoms with Crippen LogP contribution in [-0.2, 0) is 6.42 Å². The van der Waals surface area contributed by atoms with Crippen molar-refractivity contribution in [2.45, 2.75) is 58.8 Å². The van der Waals surface area contributed by atoms with Gasteiger partial charge in [0.15, 0.2) is 0 Å². The molecule has 2 nitrogen and oxygen atoms in total. The molecule has 0 radical (unpaired) electrons. The molecule has 2 heteroatoms. The highest BCUT2D eigenvalue weighted by molar-refractivity contribution is 5.98. The fourth-order valence-corrected chi connectivity index (χ4v) is 3.52. The number of para-hydroxylation sites is 1. The van der Waals surface area contributed by atoms with E-state index >= 15 is 0 Å². The molecule has 2 aromatic carbocycles. The molecule has 0 bridgehead atoms. The summed E-state index contributed by atoms with van der Waals surface area (Å²) in [7, 11) is 0. The molecule has 0 saturated carbocycles. The maximum atomic E-state index is 4.89. The molecule has 25 heavy (non-hydrogen) atoms. The second-order valence-corrected chi connectivity index (χ2v) is 6.93. The molecule has 3 aromatic rings. The summed E-state index contributed by atoms with van der Waals surface area (Å²) in [4.78, 5) is 4.89. The van der Waals surface area contributed by atoms with E-state index < -0.39 is 0 Å². The Labute approximate surface area is 151 Å². The van der Waals surface area contributed by atoms with Crippen LogP contribution in [0.5, 0.6) is 0 Å². The van der Waals surface area contributed by atoms with E-state index in [1.165, 1.54) is 60.5 Å². The van der Waals surface area contributed by atoms with Gasteiger partial charge in [-0.3, -0.25) is 0 Å². The van der Waals surface area contributed by atoms with Crippen LogP contribution < -0.4 is 5.32 Å². The Hall–Kier alpha value is -2.09. The van der Waals surface area contributed by atoms with E-state index in [-0.39, 0.29) is 0 Å². The van der Waals surface area contributed by atoms with Gasteiger partial charge in [-0.15, -0.1) is 0 Å². The summed E-state index contributed by atoms with van der Waals surface area (Å²) in [5.74, 6) is 0. The summed E-state index contributed by atoms with van der Waals surface area (Å²) >= 11 is 0. The Morgan fingerprint density at radius 3 is 2.40 bits per heavy atom. The number of benzene rings is 2. The summed E-state index contributed by atoms with van der Waals surface area (Å²) in [5.41, 5.74) is 4.91. The number of aromatic nitrogens is 1. The quantitative estimate of drug-likeness (QED) is 0.347. The van der Waals surface area contributed by atoms with Gasteiger partial charge in [-0.2, -0.15) is 0 Å². The lowest BCUT2D eigenvalue weighted by atomic mass is 9.97. The third-order valence-electron chi connectivity index (χ3n) is 4.93. The van der Waals surface area contributed by atoms with Gasteiger partial charge in [0, 0.05) is 23.0 Å². The van der Waals surface area contributed by atoms with Crippen LogP contribution >= 0.6 is 0 Å². The Morgan fingerprint density at radius 2 is 1.56 bits per heavy atom. The number of aryl methyl sites for hydroxylation is 1. The topological polar surface area (TPSA) is 24.9 Å². The lowest BCUT2D eigenvalue weighted by Crippen LogP contribution is -2.02. The highest BCUT2D eigenvalue weighted by atomic mass is 14.9. The molecule has 3 rings (SSSR count). The first kappa shape index (κ1) is 17.7. The Bertz CT molecular complexity index is 823.